The number of methoxy groups -OCH3 is 2. The highest BCUT2D eigenvalue weighted by atomic mass is 16.7. The van der Waals surface area contributed by atoms with Crippen molar-refractivity contribution in [2.45, 2.75) is 44.9 Å². The van der Waals surface area contributed by atoms with Crippen LogP contribution in [0.2, 0.25) is 0 Å². The lowest BCUT2D eigenvalue weighted by Gasteiger charge is -2.36. The molecular weight excluding hydrogens is 200 g/mol. The van der Waals surface area contributed by atoms with E-state index in [1.165, 1.54) is 0 Å². The van der Waals surface area contributed by atoms with Crippen molar-refractivity contribution in [2.24, 2.45) is 0 Å². The minimum absolute atomic E-state index is 0.0124. The summed E-state index contributed by atoms with van der Waals surface area (Å²) in [6, 6.07) is 0. The molecule has 5 heteroatoms. The van der Waals surface area contributed by atoms with Gasteiger partial charge in [0, 0.05) is 27.2 Å². The van der Waals surface area contributed by atoms with E-state index in [0.717, 1.165) is 0 Å². The van der Waals surface area contributed by atoms with Crippen molar-refractivity contribution in [3.8, 4) is 0 Å². The highest BCUT2D eigenvalue weighted by molar-refractivity contribution is 4.79. The number of hydrogen-bond acceptors (Lipinski definition) is 5. The zero-order valence-corrected chi connectivity index (χ0v) is 9.84. The predicted octanol–water partition coefficient (Wildman–Crippen LogP) is 0.142. The summed E-state index contributed by atoms with van der Waals surface area (Å²) in [5, 5.41) is 16.9. The fourth-order valence-electron chi connectivity index (χ4n) is 1.43. The monoisotopic (exact) mass is 222 g/mol. The van der Waals surface area contributed by atoms with Crippen LogP contribution >= 0.6 is 0 Å². The van der Waals surface area contributed by atoms with Crippen LogP contribution in [-0.4, -0.2) is 55.6 Å². The molecule has 1 aliphatic rings. The van der Waals surface area contributed by atoms with Gasteiger partial charge in [-0.05, 0) is 13.8 Å². The molecule has 0 saturated carbocycles. The van der Waals surface area contributed by atoms with E-state index in [-0.39, 0.29) is 24.9 Å². The molecule has 0 bridgehead atoms. The summed E-state index contributed by atoms with van der Waals surface area (Å²) in [4.78, 5) is 0. The van der Waals surface area contributed by atoms with Gasteiger partial charge in [0.2, 0.25) is 0 Å². The normalized spacial score (nSPS) is 35.6. The van der Waals surface area contributed by atoms with E-state index < -0.39 is 6.29 Å². The van der Waals surface area contributed by atoms with Gasteiger partial charge >= 0.3 is 0 Å². The number of hydrogen-bond donors (Lipinski definition) is 2. The minimum Gasteiger partial charge on any atom is -0.397 e. The first-order valence-corrected chi connectivity index (χ1v) is 5.10. The van der Waals surface area contributed by atoms with Crippen LogP contribution in [0.3, 0.4) is 0 Å². The van der Waals surface area contributed by atoms with Gasteiger partial charge in [0.25, 0.3) is 0 Å². The Labute approximate surface area is 91.0 Å². The van der Waals surface area contributed by atoms with E-state index in [4.69, 9.17) is 19.3 Å². The van der Waals surface area contributed by atoms with Gasteiger partial charge in [-0.15, -0.1) is 0 Å². The van der Waals surface area contributed by atoms with E-state index in [1.807, 2.05) is 6.92 Å². The molecule has 0 radical (unpaired) electrons. The van der Waals surface area contributed by atoms with Gasteiger partial charge < -0.3 is 24.4 Å². The van der Waals surface area contributed by atoms with Gasteiger partial charge in [-0.25, -0.2) is 0 Å². The lowest BCUT2D eigenvalue weighted by Crippen LogP contribution is -2.47. The Balaban J connectivity index is 0.000000583. The first-order chi connectivity index (χ1) is 7.10. The molecule has 15 heavy (non-hydrogen) atoms. The Bertz CT molecular complexity index is 139. The van der Waals surface area contributed by atoms with Crippen molar-refractivity contribution in [3.63, 3.8) is 0 Å². The molecule has 1 heterocycles. The van der Waals surface area contributed by atoms with Gasteiger partial charge in [0.15, 0.2) is 6.29 Å². The molecule has 0 aromatic carbocycles. The topological polar surface area (TPSA) is 68.2 Å². The molecule has 4 atom stereocenters. The Hall–Kier alpha value is -0.200. The summed E-state index contributed by atoms with van der Waals surface area (Å²) in [6.45, 7) is 3.81. The number of rotatable bonds is 2. The van der Waals surface area contributed by atoms with Gasteiger partial charge in [0.05, 0.1) is 12.2 Å². The van der Waals surface area contributed by atoms with Gasteiger partial charge in [-0.3, -0.25) is 0 Å². The van der Waals surface area contributed by atoms with E-state index >= 15 is 0 Å². The maximum Gasteiger partial charge on any atom is 0.181 e. The number of aliphatic hydroxyl groups is 2. The van der Waals surface area contributed by atoms with Crippen molar-refractivity contribution < 1.29 is 24.4 Å². The van der Waals surface area contributed by atoms with Crippen LogP contribution in [-0.2, 0) is 14.2 Å². The second-order valence-corrected chi connectivity index (χ2v) is 3.33. The quantitative estimate of drug-likeness (QED) is 0.695. The van der Waals surface area contributed by atoms with Crippen LogP contribution in [0.5, 0.6) is 0 Å². The summed E-state index contributed by atoms with van der Waals surface area (Å²) >= 11 is 0. The average molecular weight is 222 g/mol. The van der Waals surface area contributed by atoms with E-state index in [9.17, 15) is 5.11 Å². The molecule has 5 nitrogen and oxygen atoms in total. The zero-order valence-electron chi connectivity index (χ0n) is 9.84. The Morgan fingerprint density at radius 3 is 2.13 bits per heavy atom. The van der Waals surface area contributed by atoms with Crippen molar-refractivity contribution >= 4 is 0 Å². The second kappa shape index (κ2) is 8.01. The van der Waals surface area contributed by atoms with Crippen LogP contribution in [0.4, 0.5) is 0 Å². The molecular formula is C10H22O5. The lowest BCUT2D eigenvalue weighted by molar-refractivity contribution is -0.250. The Morgan fingerprint density at radius 1 is 1.27 bits per heavy atom. The predicted molar refractivity (Wildman–Crippen MR) is 55.5 cm³/mol. The number of ether oxygens (including phenoxy) is 3. The fraction of sp³-hybridized carbons (Fsp3) is 1.00. The molecule has 0 spiro atoms. The summed E-state index contributed by atoms with van der Waals surface area (Å²) in [6.07, 6.45) is -0.479. The van der Waals surface area contributed by atoms with Crippen molar-refractivity contribution in [1.29, 1.82) is 0 Å². The third-order valence-corrected chi connectivity index (χ3v) is 2.27. The SMILES string of the molecule is CCO.COC1C[C@@H](OC)C(O)O[C@H]1C. The highest BCUT2D eigenvalue weighted by Crippen LogP contribution is 2.22. The summed E-state index contributed by atoms with van der Waals surface area (Å²) in [7, 11) is 3.19. The molecule has 2 N–H and O–H groups in total. The maximum absolute atomic E-state index is 9.35. The first kappa shape index (κ1) is 14.8. The van der Waals surface area contributed by atoms with E-state index in [2.05, 4.69) is 0 Å². The van der Waals surface area contributed by atoms with Gasteiger partial charge in [-0.2, -0.15) is 0 Å². The second-order valence-electron chi connectivity index (χ2n) is 3.33. The number of aliphatic hydroxyl groups excluding tert-OH is 2. The van der Waals surface area contributed by atoms with Crippen molar-refractivity contribution in [1.82, 2.24) is 0 Å². The third-order valence-electron chi connectivity index (χ3n) is 2.27. The van der Waals surface area contributed by atoms with Crippen LogP contribution in [0.25, 0.3) is 0 Å². The Kier molecular flexibility index (Phi) is 7.90. The standard InChI is InChI=1S/C8H16O4.C2H6O/c1-5-6(10-2)4-7(11-3)8(9)12-5;1-2-3/h5-9H,4H2,1-3H3;3H,2H2,1H3/t5-,6?,7+,8?;/m0./s1. The van der Waals surface area contributed by atoms with Crippen LogP contribution in [0, 0.1) is 0 Å². The molecule has 0 aliphatic carbocycles. The first-order valence-electron chi connectivity index (χ1n) is 5.10. The highest BCUT2D eigenvalue weighted by Gasteiger charge is 2.34. The lowest BCUT2D eigenvalue weighted by atomic mass is 10.0. The molecule has 92 valence electrons. The molecule has 0 amide bonds. The molecule has 0 aromatic heterocycles. The zero-order chi connectivity index (χ0) is 11.8. The molecule has 2 unspecified atom stereocenters. The molecule has 1 fully saturated rings. The maximum atomic E-state index is 9.35. The summed E-state index contributed by atoms with van der Waals surface area (Å²) in [5.74, 6) is 0. The average Bonchev–Trinajstić information content (AvgIpc) is 2.19. The summed E-state index contributed by atoms with van der Waals surface area (Å²) < 4.78 is 15.4. The van der Waals surface area contributed by atoms with Crippen LogP contribution < -0.4 is 0 Å². The largest absolute Gasteiger partial charge is 0.397 e. The molecule has 1 saturated heterocycles. The summed E-state index contributed by atoms with van der Waals surface area (Å²) in [5.41, 5.74) is 0. The van der Waals surface area contributed by atoms with E-state index in [1.54, 1.807) is 21.1 Å². The Morgan fingerprint density at radius 2 is 1.73 bits per heavy atom. The molecule has 1 rings (SSSR count). The molecule has 0 aromatic rings. The van der Waals surface area contributed by atoms with Crippen molar-refractivity contribution in [3.05, 3.63) is 0 Å². The van der Waals surface area contributed by atoms with E-state index in [0.29, 0.717) is 6.42 Å². The van der Waals surface area contributed by atoms with Crippen molar-refractivity contribution in [2.75, 3.05) is 20.8 Å². The third kappa shape index (κ3) is 4.90. The van der Waals surface area contributed by atoms with Gasteiger partial charge in [-0.1, -0.05) is 0 Å². The fourth-order valence-corrected chi connectivity index (χ4v) is 1.43. The van der Waals surface area contributed by atoms with Crippen LogP contribution in [0.15, 0.2) is 0 Å². The smallest absolute Gasteiger partial charge is 0.181 e. The minimum atomic E-state index is -0.823. The molecule has 1 aliphatic heterocycles. The van der Waals surface area contributed by atoms with Crippen LogP contribution in [0.1, 0.15) is 20.3 Å². The van der Waals surface area contributed by atoms with Gasteiger partial charge in [0.1, 0.15) is 6.10 Å².